The fraction of sp³-hybridized carbons (Fsp3) is 0.125. The molecule has 0 saturated carbocycles. The minimum atomic E-state index is 0.454. The Morgan fingerprint density at radius 1 is 0.750 bits per heavy atom. The molecule has 0 amide bonds. The molecule has 0 radical (unpaired) electrons. The average molecular weight is 309 g/mol. The summed E-state index contributed by atoms with van der Waals surface area (Å²) in [6, 6.07) is 15.0. The molecule has 0 aromatic heterocycles. The summed E-state index contributed by atoms with van der Waals surface area (Å²) in [5.74, 6) is 1.32. The van der Waals surface area contributed by atoms with Crippen molar-refractivity contribution in [2.75, 3.05) is 14.2 Å². The minimum Gasteiger partial charge on any atom is -0.497 e. The van der Waals surface area contributed by atoms with Gasteiger partial charge in [-0.15, -0.1) is 0 Å². The maximum Gasteiger partial charge on any atom is 0.123 e. The Bertz CT molecular complexity index is 599. The first kappa shape index (κ1) is 14.8. The molecule has 20 heavy (non-hydrogen) atoms. The molecule has 0 heterocycles. The van der Waals surface area contributed by atoms with Gasteiger partial charge >= 0.3 is 0 Å². The molecule has 0 saturated heterocycles. The normalized spacial score (nSPS) is 11.8. The van der Waals surface area contributed by atoms with Crippen LogP contribution in [0, 0.1) is 0 Å². The summed E-state index contributed by atoms with van der Waals surface area (Å²) < 4.78 is 10.5. The maximum atomic E-state index is 6.39. The van der Waals surface area contributed by atoms with Crippen molar-refractivity contribution in [3.05, 3.63) is 59.7 Å². The van der Waals surface area contributed by atoms with E-state index in [0.29, 0.717) is 21.6 Å². The van der Waals surface area contributed by atoms with E-state index in [1.54, 1.807) is 20.3 Å². The van der Waals surface area contributed by atoms with Crippen LogP contribution in [-0.2, 0) is 0 Å². The van der Waals surface area contributed by atoms with Crippen LogP contribution in [-0.4, -0.2) is 14.2 Å². The van der Waals surface area contributed by atoms with E-state index >= 15 is 0 Å². The second-order valence-corrected chi connectivity index (χ2v) is 4.85. The molecule has 4 heteroatoms. The van der Waals surface area contributed by atoms with Crippen molar-refractivity contribution in [2.45, 2.75) is 0 Å². The summed E-state index contributed by atoms with van der Waals surface area (Å²) in [7, 11) is 3.18. The molecule has 0 fully saturated rings. The van der Waals surface area contributed by atoms with Crippen LogP contribution >= 0.6 is 23.2 Å². The minimum absolute atomic E-state index is 0.454. The molecule has 0 spiro atoms. The SMILES string of the molecule is COc1cc(OC)cc(/C(Cl)=C(/Cl)c2ccccc2)c1. The van der Waals surface area contributed by atoms with Crippen LogP contribution in [0.5, 0.6) is 11.5 Å². The molecule has 0 unspecified atom stereocenters. The van der Waals surface area contributed by atoms with Crippen molar-refractivity contribution >= 4 is 33.3 Å². The second-order valence-electron chi connectivity index (χ2n) is 4.10. The molecule has 2 nitrogen and oxygen atoms in total. The van der Waals surface area contributed by atoms with Crippen molar-refractivity contribution in [3.63, 3.8) is 0 Å². The molecule has 2 aromatic rings. The quantitative estimate of drug-likeness (QED) is 0.739. The predicted octanol–water partition coefficient (Wildman–Crippen LogP) is 5.01. The Morgan fingerprint density at radius 3 is 1.75 bits per heavy atom. The van der Waals surface area contributed by atoms with Gasteiger partial charge in [0, 0.05) is 11.6 Å². The van der Waals surface area contributed by atoms with E-state index < -0.39 is 0 Å². The van der Waals surface area contributed by atoms with Gasteiger partial charge in [-0.1, -0.05) is 53.5 Å². The number of ether oxygens (including phenoxy) is 2. The van der Waals surface area contributed by atoms with Crippen LogP contribution in [0.2, 0.25) is 0 Å². The lowest BCUT2D eigenvalue weighted by Gasteiger charge is -2.09. The molecule has 0 aliphatic carbocycles. The fourth-order valence-electron chi connectivity index (χ4n) is 1.77. The summed E-state index contributed by atoms with van der Waals surface area (Å²) in [4.78, 5) is 0. The molecule has 0 N–H and O–H groups in total. The van der Waals surface area contributed by atoms with Gasteiger partial charge in [0.15, 0.2) is 0 Å². The van der Waals surface area contributed by atoms with Crippen LogP contribution in [0.4, 0.5) is 0 Å². The van der Waals surface area contributed by atoms with Gasteiger partial charge < -0.3 is 9.47 Å². The number of rotatable bonds is 4. The van der Waals surface area contributed by atoms with Gasteiger partial charge in [-0.05, 0) is 17.7 Å². The van der Waals surface area contributed by atoms with E-state index in [2.05, 4.69) is 0 Å². The standard InChI is InChI=1S/C16H14Cl2O2/c1-19-13-8-12(9-14(10-13)20-2)16(18)15(17)11-6-4-3-5-7-11/h3-10H,1-2H3/b16-15-. The maximum absolute atomic E-state index is 6.39. The molecule has 2 rings (SSSR count). The molecule has 0 bridgehead atoms. The molecule has 0 aliphatic heterocycles. The number of halogens is 2. The third-order valence-corrected chi connectivity index (χ3v) is 3.74. The first-order valence-electron chi connectivity index (χ1n) is 6.00. The van der Waals surface area contributed by atoms with Gasteiger partial charge in [0.05, 0.1) is 24.3 Å². The number of hydrogen-bond donors (Lipinski definition) is 0. The van der Waals surface area contributed by atoms with Crippen LogP contribution in [0.3, 0.4) is 0 Å². The van der Waals surface area contributed by atoms with Crippen LogP contribution in [0.25, 0.3) is 10.1 Å². The van der Waals surface area contributed by atoms with Crippen molar-refractivity contribution < 1.29 is 9.47 Å². The molecule has 0 aliphatic rings. The third kappa shape index (κ3) is 3.27. The third-order valence-electron chi connectivity index (χ3n) is 2.82. The summed E-state index contributed by atoms with van der Waals surface area (Å²) in [6.07, 6.45) is 0. The lowest BCUT2D eigenvalue weighted by Crippen LogP contribution is -1.90. The summed E-state index contributed by atoms with van der Waals surface area (Å²) in [5, 5.41) is 0.942. The predicted molar refractivity (Wildman–Crippen MR) is 84.5 cm³/mol. The average Bonchev–Trinajstić information content (AvgIpc) is 2.53. The monoisotopic (exact) mass is 308 g/mol. The smallest absolute Gasteiger partial charge is 0.123 e. The van der Waals surface area contributed by atoms with Gasteiger partial charge in [-0.2, -0.15) is 0 Å². The van der Waals surface area contributed by atoms with E-state index in [9.17, 15) is 0 Å². The molecular formula is C16H14Cl2O2. The lowest BCUT2D eigenvalue weighted by molar-refractivity contribution is 0.394. The van der Waals surface area contributed by atoms with Gasteiger partial charge in [0.25, 0.3) is 0 Å². The van der Waals surface area contributed by atoms with Gasteiger partial charge in [-0.25, -0.2) is 0 Å². The highest BCUT2D eigenvalue weighted by atomic mass is 35.5. The molecular weight excluding hydrogens is 295 g/mol. The van der Waals surface area contributed by atoms with Crippen LogP contribution < -0.4 is 9.47 Å². The van der Waals surface area contributed by atoms with Crippen molar-refractivity contribution in [3.8, 4) is 11.5 Å². The van der Waals surface area contributed by atoms with Gasteiger partial charge in [-0.3, -0.25) is 0 Å². The van der Waals surface area contributed by atoms with E-state index in [1.165, 1.54) is 0 Å². The highest BCUT2D eigenvalue weighted by Gasteiger charge is 2.10. The van der Waals surface area contributed by atoms with Crippen LogP contribution in [0.1, 0.15) is 11.1 Å². The van der Waals surface area contributed by atoms with E-state index in [0.717, 1.165) is 11.1 Å². The van der Waals surface area contributed by atoms with E-state index in [4.69, 9.17) is 32.7 Å². The molecule has 2 aromatic carbocycles. The summed E-state index contributed by atoms with van der Waals surface area (Å²) in [5.41, 5.74) is 1.61. The Labute approximate surface area is 128 Å². The first-order chi connectivity index (χ1) is 9.65. The molecule has 0 atom stereocenters. The fourth-order valence-corrected chi connectivity index (χ4v) is 2.23. The van der Waals surface area contributed by atoms with Crippen molar-refractivity contribution in [2.24, 2.45) is 0 Å². The highest BCUT2D eigenvalue weighted by Crippen LogP contribution is 2.35. The Kier molecular flexibility index (Phi) is 4.94. The first-order valence-corrected chi connectivity index (χ1v) is 6.75. The van der Waals surface area contributed by atoms with E-state index in [-0.39, 0.29) is 0 Å². The zero-order valence-electron chi connectivity index (χ0n) is 11.2. The molecule has 104 valence electrons. The Hall–Kier alpha value is -1.64. The number of benzene rings is 2. The van der Waals surface area contributed by atoms with Crippen LogP contribution in [0.15, 0.2) is 48.5 Å². The number of methoxy groups -OCH3 is 2. The topological polar surface area (TPSA) is 18.5 Å². The summed E-state index contributed by atoms with van der Waals surface area (Å²) in [6.45, 7) is 0. The summed E-state index contributed by atoms with van der Waals surface area (Å²) >= 11 is 12.7. The second kappa shape index (κ2) is 6.69. The van der Waals surface area contributed by atoms with E-state index in [1.807, 2.05) is 42.5 Å². The zero-order valence-corrected chi connectivity index (χ0v) is 12.7. The Balaban J connectivity index is 2.49. The zero-order chi connectivity index (χ0) is 14.5. The lowest BCUT2D eigenvalue weighted by atomic mass is 10.1. The van der Waals surface area contributed by atoms with Crippen molar-refractivity contribution in [1.82, 2.24) is 0 Å². The Morgan fingerprint density at radius 2 is 1.25 bits per heavy atom. The largest absolute Gasteiger partial charge is 0.497 e. The van der Waals surface area contributed by atoms with Gasteiger partial charge in [0.2, 0.25) is 0 Å². The van der Waals surface area contributed by atoms with Crippen molar-refractivity contribution in [1.29, 1.82) is 0 Å². The van der Waals surface area contributed by atoms with Gasteiger partial charge in [0.1, 0.15) is 11.5 Å². The highest BCUT2D eigenvalue weighted by molar-refractivity contribution is 6.65. The number of hydrogen-bond acceptors (Lipinski definition) is 2.